The average molecular weight is 437 g/mol. The number of anilines is 2. The summed E-state index contributed by atoms with van der Waals surface area (Å²) < 4.78 is 14.9. The van der Waals surface area contributed by atoms with E-state index < -0.39 is 5.82 Å². The predicted molar refractivity (Wildman–Crippen MR) is 116 cm³/mol. The highest BCUT2D eigenvalue weighted by atomic mass is 19.1. The van der Waals surface area contributed by atoms with Gasteiger partial charge in [-0.15, -0.1) is 0 Å². The standard InChI is InChI=1S/C22H24FN7O2/c1-12-6-16(20-25-11-26-29-20)17(23)7-15(12)18-8-24-21-22(27-18)30(10-19(32)28-21)9-13-2-4-14(31)5-3-13/h6-8,11,13-14,31H,2-5,9-10H2,1H3,(H,24,28,32)(H,25,26,29)/t13-,14-. The monoisotopic (exact) mass is 437 g/mol. The Balaban J connectivity index is 1.47. The highest BCUT2D eigenvalue weighted by molar-refractivity contribution is 5.99. The lowest BCUT2D eigenvalue weighted by molar-refractivity contribution is -0.115. The largest absolute Gasteiger partial charge is 0.393 e. The van der Waals surface area contributed by atoms with E-state index in [0.29, 0.717) is 46.7 Å². The van der Waals surface area contributed by atoms with Crippen LogP contribution < -0.4 is 10.2 Å². The van der Waals surface area contributed by atoms with Crippen LogP contribution in [-0.4, -0.2) is 55.4 Å². The molecule has 0 bridgehead atoms. The Labute approximate surface area is 184 Å². The number of nitrogens with zero attached hydrogens (tertiary/aromatic N) is 5. The number of amides is 1. The minimum atomic E-state index is -0.448. The van der Waals surface area contributed by atoms with Crippen LogP contribution in [0.5, 0.6) is 0 Å². The molecule has 1 fully saturated rings. The molecule has 3 aromatic rings. The number of rotatable bonds is 4. The fourth-order valence-corrected chi connectivity index (χ4v) is 4.50. The van der Waals surface area contributed by atoms with Crippen LogP contribution in [0.3, 0.4) is 0 Å². The van der Waals surface area contributed by atoms with E-state index in [0.717, 1.165) is 31.2 Å². The fourth-order valence-electron chi connectivity index (χ4n) is 4.50. The first-order valence-corrected chi connectivity index (χ1v) is 10.7. The summed E-state index contributed by atoms with van der Waals surface area (Å²) in [5.41, 5.74) is 2.27. The summed E-state index contributed by atoms with van der Waals surface area (Å²) in [5, 5.41) is 19.1. The van der Waals surface area contributed by atoms with E-state index in [9.17, 15) is 14.3 Å². The second-order valence-corrected chi connectivity index (χ2v) is 8.50. The third-order valence-corrected chi connectivity index (χ3v) is 6.19. The van der Waals surface area contributed by atoms with Crippen LogP contribution in [0.4, 0.5) is 16.0 Å². The molecule has 1 aromatic carbocycles. The Hall–Kier alpha value is -3.40. The van der Waals surface area contributed by atoms with E-state index >= 15 is 0 Å². The van der Waals surface area contributed by atoms with Crippen molar-refractivity contribution in [2.45, 2.75) is 38.7 Å². The molecule has 2 aliphatic rings. The molecule has 32 heavy (non-hydrogen) atoms. The normalized spacial score (nSPS) is 20.7. The van der Waals surface area contributed by atoms with Gasteiger partial charge in [0.25, 0.3) is 0 Å². The number of hydrogen-bond acceptors (Lipinski definition) is 7. The van der Waals surface area contributed by atoms with Crippen LogP contribution in [0.25, 0.3) is 22.6 Å². The zero-order valence-electron chi connectivity index (χ0n) is 17.7. The number of nitrogens with one attached hydrogen (secondary N) is 2. The van der Waals surface area contributed by atoms with Crippen LogP contribution in [0.1, 0.15) is 31.2 Å². The molecule has 1 amide bonds. The lowest BCUT2D eigenvalue weighted by Crippen LogP contribution is -2.42. The summed E-state index contributed by atoms with van der Waals surface area (Å²) >= 11 is 0. The van der Waals surface area contributed by atoms with Gasteiger partial charge in [-0.25, -0.2) is 19.3 Å². The van der Waals surface area contributed by atoms with Gasteiger partial charge in [-0.3, -0.25) is 9.89 Å². The van der Waals surface area contributed by atoms with E-state index in [1.165, 1.54) is 12.4 Å². The van der Waals surface area contributed by atoms with Gasteiger partial charge in [0.15, 0.2) is 17.5 Å². The van der Waals surface area contributed by atoms with Gasteiger partial charge in [-0.05, 0) is 56.2 Å². The second kappa shape index (κ2) is 8.27. The number of aliphatic hydroxyl groups excluding tert-OH is 1. The van der Waals surface area contributed by atoms with Crippen LogP contribution in [-0.2, 0) is 4.79 Å². The number of aromatic amines is 1. The number of carbonyl (C=O) groups is 1. The van der Waals surface area contributed by atoms with E-state index in [-0.39, 0.29) is 18.6 Å². The number of aryl methyl sites for hydroxylation is 1. The van der Waals surface area contributed by atoms with Crippen LogP contribution in [0.2, 0.25) is 0 Å². The van der Waals surface area contributed by atoms with Crippen LogP contribution in [0.15, 0.2) is 24.7 Å². The number of aromatic nitrogens is 5. The SMILES string of the molecule is Cc1cc(-c2nc[nH]n2)c(F)cc1-c1cnc2c(n1)N(C[C@H]1CC[C@H](O)CC1)CC(=O)N2. The molecule has 9 nitrogen and oxygen atoms in total. The van der Waals surface area contributed by atoms with Gasteiger partial charge < -0.3 is 15.3 Å². The smallest absolute Gasteiger partial charge is 0.245 e. The molecule has 0 radical (unpaired) electrons. The van der Waals surface area contributed by atoms with Crippen molar-refractivity contribution in [2.24, 2.45) is 5.92 Å². The molecule has 1 aliphatic carbocycles. The predicted octanol–water partition coefficient (Wildman–Crippen LogP) is 2.69. The highest BCUT2D eigenvalue weighted by Crippen LogP contribution is 2.34. The summed E-state index contributed by atoms with van der Waals surface area (Å²) in [6, 6.07) is 3.12. The molecule has 5 rings (SSSR count). The van der Waals surface area contributed by atoms with Crippen molar-refractivity contribution in [3.05, 3.63) is 36.0 Å². The van der Waals surface area contributed by atoms with E-state index in [2.05, 4.69) is 25.5 Å². The van der Waals surface area contributed by atoms with Crippen LogP contribution in [0, 0.1) is 18.7 Å². The number of fused-ring (bicyclic) bond motifs is 1. The average Bonchev–Trinajstić information content (AvgIpc) is 3.31. The van der Waals surface area contributed by atoms with Crippen molar-refractivity contribution in [1.82, 2.24) is 25.1 Å². The van der Waals surface area contributed by atoms with Gasteiger partial charge in [0.05, 0.1) is 30.1 Å². The Kier molecular flexibility index (Phi) is 5.30. The molecule has 0 atom stereocenters. The maximum absolute atomic E-state index is 14.9. The summed E-state index contributed by atoms with van der Waals surface area (Å²) in [7, 11) is 0. The van der Waals surface area contributed by atoms with Gasteiger partial charge in [0, 0.05) is 12.1 Å². The number of benzene rings is 1. The van der Waals surface area contributed by atoms with Crippen LogP contribution >= 0.6 is 0 Å². The molecule has 166 valence electrons. The number of halogens is 1. The molecule has 1 saturated carbocycles. The molecular weight excluding hydrogens is 413 g/mol. The van der Waals surface area contributed by atoms with Crippen molar-refractivity contribution in [3.8, 4) is 22.6 Å². The first kappa shape index (κ1) is 20.5. The first-order valence-electron chi connectivity index (χ1n) is 10.7. The van der Waals surface area contributed by atoms with Gasteiger partial charge in [-0.1, -0.05) is 0 Å². The number of H-pyrrole nitrogens is 1. The third kappa shape index (κ3) is 3.93. The van der Waals surface area contributed by atoms with Crippen molar-refractivity contribution in [2.75, 3.05) is 23.3 Å². The second-order valence-electron chi connectivity index (χ2n) is 8.50. The summed E-state index contributed by atoms with van der Waals surface area (Å²) in [4.78, 5) is 27.4. The Morgan fingerprint density at radius 3 is 2.75 bits per heavy atom. The van der Waals surface area contributed by atoms with Crippen molar-refractivity contribution < 1.29 is 14.3 Å². The van der Waals surface area contributed by atoms with Crippen molar-refractivity contribution in [3.63, 3.8) is 0 Å². The fraction of sp³-hybridized carbons (Fsp3) is 0.409. The molecule has 10 heteroatoms. The van der Waals surface area contributed by atoms with E-state index in [1.807, 2.05) is 11.8 Å². The molecule has 0 saturated heterocycles. The van der Waals surface area contributed by atoms with Gasteiger partial charge in [-0.2, -0.15) is 5.10 Å². The number of aliphatic hydroxyl groups is 1. The van der Waals surface area contributed by atoms with Crippen molar-refractivity contribution in [1.29, 1.82) is 0 Å². The molecule has 3 heterocycles. The zero-order chi connectivity index (χ0) is 22.2. The first-order chi connectivity index (χ1) is 15.5. The molecule has 0 spiro atoms. The lowest BCUT2D eigenvalue weighted by Gasteiger charge is -2.34. The Bertz CT molecular complexity index is 1140. The van der Waals surface area contributed by atoms with Crippen molar-refractivity contribution >= 4 is 17.5 Å². The quantitative estimate of drug-likeness (QED) is 0.574. The zero-order valence-corrected chi connectivity index (χ0v) is 17.7. The third-order valence-electron chi connectivity index (χ3n) is 6.19. The highest BCUT2D eigenvalue weighted by Gasteiger charge is 2.29. The lowest BCUT2D eigenvalue weighted by atomic mass is 9.87. The van der Waals surface area contributed by atoms with Gasteiger partial charge in [0.1, 0.15) is 12.1 Å². The maximum atomic E-state index is 14.9. The summed E-state index contributed by atoms with van der Waals surface area (Å²) in [6.07, 6.45) is 6.10. The van der Waals surface area contributed by atoms with Gasteiger partial charge in [0.2, 0.25) is 5.91 Å². The Morgan fingerprint density at radius 2 is 2.00 bits per heavy atom. The van der Waals surface area contributed by atoms with E-state index in [4.69, 9.17) is 4.98 Å². The number of hydrogen-bond donors (Lipinski definition) is 3. The minimum absolute atomic E-state index is 0.131. The maximum Gasteiger partial charge on any atom is 0.245 e. The molecule has 1 aliphatic heterocycles. The molecular formula is C22H24FN7O2. The van der Waals surface area contributed by atoms with E-state index in [1.54, 1.807) is 12.3 Å². The Morgan fingerprint density at radius 1 is 1.19 bits per heavy atom. The van der Waals surface area contributed by atoms with Gasteiger partial charge >= 0.3 is 0 Å². The summed E-state index contributed by atoms with van der Waals surface area (Å²) in [6.45, 7) is 2.74. The minimum Gasteiger partial charge on any atom is -0.393 e. The topological polar surface area (TPSA) is 120 Å². The number of carbonyl (C=O) groups excluding carboxylic acids is 1. The summed E-state index contributed by atoms with van der Waals surface area (Å²) in [5.74, 6) is 1.09. The molecule has 3 N–H and O–H groups in total. The molecule has 0 unspecified atom stereocenters. The molecule has 2 aromatic heterocycles.